The van der Waals surface area contributed by atoms with Gasteiger partial charge in [0.2, 0.25) is 5.91 Å². The van der Waals surface area contributed by atoms with Crippen molar-refractivity contribution in [1.82, 2.24) is 9.78 Å². The molecule has 5 heteroatoms. The number of rotatable bonds is 4. The number of carbonyl (C=O) groups is 1. The van der Waals surface area contributed by atoms with Crippen LogP contribution in [0, 0.1) is 20.8 Å². The van der Waals surface area contributed by atoms with Crippen LogP contribution >= 0.6 is 0 Å². The average Bonchev–Trinajstić information content (AvgIpc) is 2.67. The van der Waals surface area contributed by atoms with Crippen LogP contribution < -0.4 is 11.1 Å². The molecule has 0 saturated carbocycles. The maximum atomic E-state index is 12.2. The maximum Gasteiger partial charge on any atom is 0.246 e. The number of benzene rings is 1. The van der Waals surface area contributed by atoms with E-state index in [-0.39, 0.29) is 12.5 Å². The molecule has 0 atom stereocenters. The summed E-state index contributed by atoms with van der Waals surface area (Å²) in [5, 5.41) is 7.34. The number of aromatic nitrogens is 2. The van der Waals surface area contributed by atoms with Crippen LogP contribution in [0.5, 0.6) is 0 Å². The SMILES string of the molecule is CCc1c(C)nn(CC(=O)Nc2ccc(N)cc2C)c1C. The smallest absolute Gasteiger partial charge is 0.246 e. The van der Waals surface area contributed by atoms with E-state index in [0.717, 1.165) is 29.1 Å². The highest BCUT2D eigenvalue weighted by molar-refractivity contribution is 5.91. The van der Waals surface area contributed by atoms with Crippen LogP contribution in [0.4, 0.5) is 11.4 Å². The average molecular weight is 286 g/mol. The molecule has 0 spiro atoms. The van der Waals surface area contributed by atoms with Gasteiger partial charge in [-0.2, -0.15) is 5.10 Å². The maximum absolute atomic E-state index is 12.2. The predicted molar refractivity (Wildman–Crippen MR) is 85.3 cm³/mol. The van der Waals surface area contributed by atoms with Crippen LogP contribution in [0.25, 0.3) is 0 Å². The van der Waals surface area contributed by atoms with Gasteiger partial charge in [-0.15, -0.1) is 0 Å². The Kier molecular flexibility index (Phi) is 4.31. The zero-order chi connectivity index (χ0) is 15.6. The molecule has 0 bridgehead atoms. The molecule has 0 radical (unpaired) electrons. The van der Waals surface area contributed by atoms with Crippen molar-refractivity contribution in [2.24, 2.45) is 0 Å². The number of nitrogen functional groups attached to an aromatic ring is 1. The third-order valence-electron chi connectivity index (χ3n) is 3.70. The highest BCUT2D eigenvalue weighted by Crippen LogP contribution is 2.18. The molecule has 21 heavy (non-hydrogen) atoms. The van der Waals surface area contributed by atoms with Crippen LogP contribution in [0.15, 0.2) is 18.2 Å². The Bertz CT molecular complexity index is 673. The summed E-state index contributed by atoms with van der Waals surface area (Å²) in [5.74, 6) is -0.0869. The lowest BCUT2D eigenvalue weighted by molar-refractivity contribution is -0.116. The summed E-state index contributed by atoms with van der Waals surface area (Å²) in [5.41, 5.74) is 11.4. The van der Waals surface area contributed by atoms with Crippen molar-refractivity contribution in [1.29, 1.82) is 0 Å². The van der Waals surface area contributed by atoms with E-state index in [0.29, 0.717) is 5.69 Å². The minimum atomic E-state index is -0.0869. The highest BCUT2D eigenvalue weighted by Gasteiger charge is 2.13. The van der Waals surface area contributed by atoms with Crippen molar-refractivity contribution in [3.63, 3.8) is 0 Å². The van der Waals surface area contributed by atoms with E-state index in [4.69, 9.17) is 5.73 Å². The fourth-order valence-electron chi connectivity index (χ4n) is 2.55. The molecule has 0 saturated heterocycles. The molecule has 5 nitrogen and oxygen atoms in total. The molecular formula is C16H22N4O. The van der Waals surface area contributed by atoms with Gasteiger partial charge in [-0.1, -0.05) is 6.92 Å². The van der Waals surface area contributed by atoms with Crippen molar-refractivity contribution in [3.05, 3.63) is 40.7 Å². The summed E-state index contributed by atoms with van der Waals surface area (Å²) in [7, 11) is 0. The molecule has 1 heterocycles. The molecule has 0 aliphatic heterocycles. The zero-order valence-corrected chi connectivity index (χ0v) is 13.0. The Labute approximate surface area is 125 Å². The number of nitrogens with one attached hydrogen (secondary N) is 1. The third kappa shape index (κ3) is 3.24. The van der Waals surface area contributed by atoms with Gasteiger partial charge in [0, 0.05) is 17.1 Å². The Morgan fingerprint density at radius 1 is 1.33 bits per heavy atom. The number of carbonyl (C=O) groups excluding carboxylic acids is 1. The standard InChI is InChI=1S/C16H22N4O/c1-5-14-11(3)19-20(12(14)4)9-16(21)18-15-7-6-13(17)8-10(15)2/h6-8H,5,9,17H2,1-4H3,(H,18,21). The van der Waals surface area contributed by atoms with E-state index in [1.54, 1.807) is 10.7 Å². The molecular weight excluding hydrogens is 264 g/mol. The minimum absolute atomic E-state index is 0.0869. The monoisotopic (exact) mass is 286 g/mol. The topological polar surface area (TPSA) is 72.9 Å². The second kappa shape index (κ2) is 5.99. The second-order valence-electron chi connectivity index (χ2n) is 5.28. The van der Waals surface area contributed by atoms with Gasteiger partial charge in [-0.25, -0.2) is 0 Å². The Hall–Kier alpha value is -2.30. The third-order valence-corrected chi connectivity index (χ3v) is 3.70. The van der Waals surface area contributed by atoms with Crippen LogP contribution in [-0.4, -0.2) is 15.7 Å². The minimum Gasteiger partial charge on any atom is -0.399 e. The van der Waals surface area contributed by atoms with E-state index >= 15 is 0 Å². The molecule has 0 aliphatic carbocycles. The first-order chi connectivity index (χ1) is 9.92. The largest absolute Gasteiger partial charge is 0.399 e. The summed E-state index contributed by atoms with van der Waals surface area (Å²) >= 11 is 0. The van der Waals surface area contributed by atoms with E-state index in [1.807, 2.05) is 32.9 Å². The van der Waals surface area contributed by atoms with E-state index in [2.05, 4.69) is 17.3 Å². The number of hydrogen-bond acceptors (Lipinski definition) is 3. The number of aryl methyl sites for hydroxylation is 2. The first kappa shape index (κ1) is 15.1. The molecule has 2 aromatic rings. The van der Waals surface area contributed by atoms with Gasteiger partial charge in [-0.3, -0.25) is 9.48 Å². The molecule has 1 amide bonds. The van der Waals surface area contributed by atoms with Crippen LogP contribution in [0.3, 0.4) is 0 Å². The summed E-state index contributed by atoms with van der Waals surface area (Å²) in [4.78, 5) is 12.2. The van der Waals surface area contributed by atoms with Crippen molar-refractivity contribution in [3.8, 4) is 0 Å². The summed E-state index contributed by atoms with van der Waals surface area (Å²) in [6.07, 6.45) is 0.927. The molecule has 1 aromatic carbocycles. The van der Waals surface area contributed by atoms with Crippen molar-refractivity contribution >= 4 is 17.3 Å². The van der Waals surface area contributed by atoms with Gasteiger partial charge in [0.05, 0.1) is 5.69 Å². The van der Waals surface area contributed by atoms with Crippen molar-refractivity contribution < 1.29 is 4.79 Å². The predicted octanol–water partition coefficient (Wildman–Crippen LogP) is 2.59. The van der Waals surface area contributed by atoms with Gasteiger partial charge in [0.25, 0.3) is 0 Å². The van der Waals surface area contributed by atoms with E-state index in [9.17, 15) is 4.79 Å². The Balaban J connectivity index is 2.12. The lowest BCUT2D eigenvalue weighted by Gasteiger charge is -2.10. The van der Waals surface area contributed by atoms with Gasteiger partial charge in [0.1, 0.15) is 6.54 Å². The number of nitrogens with two attached hydrogens (primary N) is 1. The van der Waals surface area contributed by atoms with Crippen LogP contribution in [0.2, 0.25) is 0 Å². The number of anilines is 2. The van der Waals surface area contributed by atoms with Gasteiger partial charge in [0.15, 0.2) is 0 Å². The molecule has 3 N–H and O–H groups in total. The molecule has 0 aliphatic rings. The molecule has 2 rings (SSSR count). The number of hydrogen-bond donors (Lipinski definition) is 2. The molecule has 0 unspecified atom stereocenters. The van der Waals surface area contributed by atoms with E-state index < -0.39 is 0 Å². The molecule has 0 fully saturated rings. The van der Waals surface area contributed by atoms with Gasteiger partial charge >= 0.3 is 0 Å². The molecule has 1 aromatic heterocycles. The van der Waals surface area contributed by atoms with Crippen LogP contribution in [-0.2, 0) is 17.8 Å². The first-order valence-corrected chi connectivity index (χ1v) is 7.11. The normalized spacial score (nSPS) is 10.7. The Morgan fingerprint density at radius 3 is 2.62 bits per heavy atom. The number of nitrogens with zero attached hydrogens (tertiary/aromatic N) is 2. The zero-order valence-electron chi connectivity index (χ0n) is 13.0. The van der Waals surface area contributed by atoms with Gasteiger partial charge in [-0.05, 0) is 56.5 Å². The number of amides is 1. The fourth-order valence-corrected chi connectivity index (χ4v) is 2.55. The lowest BCUT2D eigenvalue weighted by Crippen LogP contribution is -2.20. The van der Waals surface area contributed by atoms with E-state index in [1.165, 1.54) is 5.56 Å². The van der Waals surface area contributed by atoms with Crippen molar-refractivity contribution in [2.45, 2.75) is 40.7 Å². The van der Waals surface area contributed by atoms with Gasteiger partial charge < -0.3 is 11.1 Å². The van der Waals surface area contributed by atoms with Crippen molar-refractivity contribution in [2.75, 3.05) is 11.1 Å². The second-order valence-corrected chi connectivity index (χ2v) is 5.28. The summed E-state index contributed by atoms with van der Waals surface area (Å²) in [6.45, 7) is 8.21. The quantitative estimate of drug-likeness (QED) is 0.848. The summed E-state index contributed by atoms with van der Waals surface area (Å²) < 4.78 is 1.76. The highest BCUT2D eigenvalue weighted by atomic mass is 16.2. The molecule has 112 valence electrons. The Morgan fingerprint density at radius 2 is 2.05 bits per heavy atom. The van der Waals surface area contributed by atoms with Crippen LogP contribution in [0.1, 0.15) is 29.4 Å². The fraction of sp³-hybridized carbons (Fsp3) is 0.375. The lowest BCUT2D eigenvalue weighted by atomic mass is 10.1. The first-order valence-electron chi connectivity index (χ1n) is 7.11. The summed E-state index contributed by atoms with van der Waals surface area (Å²) in [6, 6.07) is 5.44.